The Morgan fingerprint density at radius 1 is 1.00 bits per heavy atom. The molecule has 0 bridgehead atoms. The van der Waals surface area contributed by atoms with E-state index in [1.807, 2.05) is 59.3 Å². The van der Waals surface area contributed by atoms with Gasteiger partial charge in [0.25, 0.3) is 5.56 Å². The fourth-order valence-electron chi connectivity index (χ4n) is 3.71. The summed E-state index contributed by atoms with van der Waals surface area (Å²) in [6.07, 6.45) is 4.63. The number of rotatable bonds is 4. The van der Waals surface area contributed by atoms with Gasteiger partial charge in [0.2, 0.25) is 0 Å². The van der Waals surface area contributed by atoms with Gasteiger partial charge in [0.15, 0.2) is 5.82 Å². The molecule has 1 fully saturated rings. The summed E-state index contributed by atoms with van der Waals surface area (Å²) in [4.78, 5) is 19.8. The lowest BCUT2D eigenvalue weighted by molar-refractivity contribution is 0.122. The van der Waals surface area contributed by atoms with Crippen molar-refractivity contribution in [3.8, 4) is 0 Å². The highest BCUT2D eigenvalue weighted by Crippen LogP contribution is 2.22. The Kier molecular flexibility index (Phi) is 4.29. The van der Waals surface area contributed by atoms with Crippen molar-refractivity contribution in [2.45, 2.75) is 13.0 Å². The molecule has 1 aliphatic heterocycles. The number of benzene rings is 1. The van der Waals surface area contributed by atoms with Gasteiger partial charge in [0.1, 0.15) is 5.65 Å². The van der Waals surface area contributed by atoms with Crippen LogP contribution in [0.15, 0.2) is 59.7 Å². The van der Waals surface area contributed by atoms with Crippen molar-refractivity contribution in [3.05, 3.63) is 70.9 Å². The van der Waals surface area contributed by atoms with Crippen LogP contribution in [0.1, 0.15) is 5.69 Å². The van der Waals surface area contributed by atoms with Crippen LogP contribution in [-0.2, 0) is 17.7 Å². The van der Waals surface area contributed by atoms with Crippen molar-refractivity contribution in [2.24, 2.45) is 0 Å². The summed E-state index contributed by atoms with van der Waals surface area (Å²) in [5, 5.41) is 6.34. The van der Waals surface area contributed by atoms with Crippen molar-refractivity contribution < 1.29 is 4.74 Å². The normalized spacial score (nSPS) is 14.8. The lowest BCUT2D eigenvalue weighted by Crippen LogP contribution is -2.38. The van der Waals surface area contributed by atoms with E-state index in [9.17, 15) is 4.79 Å². The molecule has 0 N–H and O–H groups in total. The smallest absolute Gasteiger partial charge is 0.274 e. The van der Waals surface area contributed by atoms with Crippen molar-refractivity contribution >= 4 is 22.2 Å². The van der Waals surface area contributed by atoms with E-state index in [4.69, 9.17) is 9.84 Å². The summed E-state index contributed by atoms with van der Waals surface area (Å²) >= 11 is 0. The zero-order valence-corrected chi connectivity index (χ0v) is 15.5. The molecular formula is C21H21N5O2. The van der Waals surface area contributed by atoms with E-state index in [2.05, 4.69) is 9.88 Å². The molecule has 0 aliphatic carbocycles. The van der Waals surface area contributed by atoms with Crippen molar-refractivity contribution in [1.82, 2.24) is 19.2 Å². The predicted octanol–water partition coefficient (Wildman–Crippen LogP) is 2.12. The van der Waals surface area contributed by atoms with E-state index in [0.717, 1.165) is 35.6 Å². The van der Waals surface area contributed by atoms with Crippen molar-refractivity contribution in [1.29, 1.82) is 0 Å². The van der Waals surface area contributed by atoms with Crippen LogP contribution in [-0.4, -0.2) is 45.5 Å². The zero-order valence-electron chi connectivity index (χ0n) is 15.5. The molecule has 142 valence electrons. The van der Waals surface area contributed by atoms with Crippen LogP contribution in [0.25, 0.3) is 16.4 Å². The first kappa shape index (κ1) is 16.9. The average molecular weight is 375 g/mol. The minimum absolute atomic E-state index is 0.0589. The number of aryl methyl sites for hydroxylation is 2. The predicted molar refractivity (Wildman–Crippen MR) is 108 cm³/mol. The Morgan fingerprint density at radius 3 is 2.61 bits per heavy atom. The van der Waals surface area contributed by atoms with Gasteiger partial charge in [-0.05, 0) is 18.2 Å². The van der Waals surface area contributed by atoms with E-state index in [1.54, 1.807) is 4.68 Å². The monoisotopic (exact) mass is 375 g/mol. The summed E-state index contributed by atoms with van der Waals surface area (Å²) < 4.78 is 9.04. The number of nitrogens with zero attached hydrogens (tertiary/aromatic N) is 5. The van der Waals surface area contributed by atoms with Gasteiger partial charge in [-0.25, -0.2) is 9.67 Å². The summed E-state index contributed by atoms with van der Waals surface area (Å²) in [6.45, 7) is 3.40. The maximum atomic E-state index is 13.0. The molecule has 7 heteroatoms. The first-order chi connectivity index (χ1) is 13.8. The maximum absolute atomic E-state index is 13.0. The van der Waals surface area contributed by atoms with Crippen molar-refractivity contribution in [3.63, 3.8) is 0 Å². The van der Waals surface area contributed by atoms with Gasteiger partial charge in [-0.2, -0.15) is 5.10 Å². The van der Waals surface area contributed by atoms with Gasteiger partial charge >= 0.3 is 0 Å². The number of fused-ring (bicyclic) bond motifs is 2. The van der Waals surface area contributed by atoms with Crippen LogP contribution in [0.4, 0.5) is 5.82 Å². The number of anilines is 1. The third-order valence-electron chi connectivity index (χ3n) is 5.15. The molecule has 1 saturated heterocycles. The molecule has 5 rings (SSSR count). The molecule has 3 aromatic heterocycles. The molecule has 0 atom stereocenters. The summed E-state index contributed by atoms with van der Waals surface area (Å²) in [5.74, 6) is 0.855. The van der Waals surface area contributed by atoms with Crippen LogP contribution < -0.4 is 10.5 Å². The lowest BCUT2D eigenvalue weighted by atomic mass is 10.1. The van der Waals surface area contributed by atoms with E-state index < -0.39 is 0 Å². The van der Waals surface area contributed by atoms with Gasteiger partial charge in [-0.1, -0.05) is 24.3 Å². The Labute approximate surface area is 161 Å². The van der Waals surface area contributed by atoms with Gasteiger partial charge in [-0.3, -0.25) is 4.79 Å². The fraction of sp³-hybridized carbons (Fsp3) is 0.286. The third-order valence-corrected chi connectivity index (χ3v) is 5.15. The molecule has 0 saturated carbocycles. The summed E-state index contributed by atoms with van der Waals surface area (Å²) in [5.41, 5.74) is 1.79. The summed E-state index contributed by atoms with van der Waals surface area (Å²) in [6, 6.07) is 13.6. The fourth-order valence-corrected chi connectivity index (χ4v) is 3.71. The Morgan fingerprint density at radius 2 is 1.79 bits per heavy atom. The van der Waals surface area contributed by atoms with Gasteiger partial charge in [-0.15, -0.1) is 0 Å². The zero-order chi connectivity index (χ0) is 18.9. The van der Waals surface area contributed by atoms with Crippen LogP contribution in [0, 0.1) is 0 Å². The number of hydrogen-bond donors (Lipinski definition) is 0. The number of hydrogen-bond acceptors (Lipinski definition) is 5. The molecule has 1 aromatic carbocycles. The Hall–Kier alpha value is -3.19. The second kappa shape index (κ2) is 7.09. The highest BCUT2D eigenvalue weighted by molar-refractivity contribution is 5.91. The van der Waals surface area contributed by atoms with E-state index in [-0.39, 0.29) is 5.56 Å². The molecule has 0 unspecified atom stereocenters. The quantitative estimate of drug-likeness (QED) is 0.547. The van der Waals surface area contributed by atoms with Crippen LogP contribution in [0.2, 0.25) is 0 Å². The number of imidazole rings is 1. The first-order valence-corrected chi connectivity index (χ1v) is 9.55. The number of aromatic nitrogens is 4. The van der Waals surface area contributed by atoms with E-state index in [1.165, 1.54) is 0 Å². The highest BCUT2D eigenvalue weighted by atomic mass is 16.5. The SMILES string of the molecule is O=c1c2ccccc2c(N2CCOCC2)nn1CCc1cn2ccccc2n1. The number of morpholine rings is 1. The van der Waals surface area contributed by atoms with Gasteiger partial charge < -0.3 is 14.0 Å². The Balaban J connectivity index is 1.51. The molecule has 0 amide bonds. The minimum Gasteiger partial charge on any atom is -0.378 e. The third kappa shape index (κ3) is 3.03. The molecular weight excluding hydrogens is 354 g/mol. The van der Waals surface area contributed by atoms with E-state index in [0.29, 0.717) is 31.6 Å². The molecule has 0 spiro atoms. The molecule has 1 aliphatic rings. The highest BCUT2D eigenvalue weighted by Gasteiger charge is 2.18. The van der Waals surface area contributed by atoms with Crippen molar-refractivity contribution in [2.75, 3.05) is 31.2 Å². The van der Waals surface area contributed by atoms with Gasteiger partial charge in [0.05, 0.1) is 30.8 Å². The van der Waals surface area contributed by atoms with Crippen LogP contribution in [0.5, 0.6) is 0 Å². The van der Waals surface area contributed by atoms with Crippen LogP contribution >= 0.6 is 0 Å². The van der Waals surface area contributed by atoms with E-state index >= 15 is 0 Å². The second-order valence-corrected chi connectivity index (χ2v) is 6.95. The maximum Gasteiger partial charge on any atom is 0.274 e. The molecule has 28 heavy (non-hydrogen) atoms. The second-order valence-electron chi connectivity index (χ2n) is 6.95. The molecule has 0 radical (unpaired) electrons. The topological polar surface area (TPSA) is 64.7 Å². The number of pyridine rings is 1. The molecule has 4 heterocycles. The average Bonchev–Trinajstić information content (AvgIpc) is 3.17. The standard InChI is InChI=1S/C21H21N5O2/c27-21-18-6-2-1-5-17(18)20(24-11-13-28-14-12-24)23-26(21)10-8-16-15-25-9-4-3-7-19(25)22-16/h1-7,9,15H,8,10-14H2. The largest absolute Gasteiger partial charge is 0.378 e. The van der Waals surface area contributed by atoms with Gasteiger partial charge in [0, 0.05) is 37.3 Å². The lowest BCUT2D eigenvalue weighted by Gasteiger charge is -2.29. The van der Waals surface area contributed by atoms with Crippen LogP contribution in [0.3, 0.4) is 0 Å². The first-order valence-electron chi connectivity index (χ1n) is 9.55. The molecule has 7 nitrogen and oxygen atoms in total. The number of ether oxygens (including phenoxy) is 1. The summed E-state index contributed by atoms with van der Waals surface area (Å²) in [7, 11) is 0. The molecule has 4 aromatic rings. The Bertz CT molecular complexity index is 1160. The minimum atomic E-state index is -0.0589.